The van der Waals surface area contributed by atoms with E-state index < -0.39 is 0 Å². The second-order valence-corrected chi connectivity index (χ2v) is 4.83. The van der Waals surface area contributed by atoms with E-state index in [1.165, 1.54) is 0 Å². The van der Waals surface area contributed by atoms with E-state index in [0.717, 1.165) is 5.56 Å². The molecule has 3 N–H and O–H groups in total. The Hall–Kier alpha value is -2.96. The first-order valence-electron chi connectivity index (χ1n) is 7.53. The average Bonchev–Trinajstić information content (AvgIpc) is 2.60. The Bertz CT molecular complexity index is 704. The fourth-order valence-electron chi connectivity index (χ4n) is 2.04. The van der Waals surface area contributed by atoms with Crippen molar-refractivity contribution < 1.29 is 14.2 Å². The molecule has 2 rings (SSSR count). The summed E-state index contributed by atoms with van der Waals surface area (Å²) >= 11 is 0. The molecule has 24 heavy (non-hydrogen) atoms. The van der Waals surface area contributed by atoms with Gasteiger partial charge in [-0.1, -0.05) is 0 Å². The van der Waals surface area contributed by atoms with Crippen LogP contribution in [-0.4, -0.2) is 31.8 Å². The van der Waals surface area contributed by atoms with Crippen LogP contribution in [0.15, 0.2) is 41.5 Å². The Labute approximate surface area is 141 Å². The van der Waals surface area contributed by atoms with Crippen LogP contribution in [0, 0.1) is 0 Å². The SMILES string of the molecule is CCOc1cc(CN=C(N)Nc2cc(OC)ccc2OC)ccn1. The molecule has 0 unspecified atom stereocenters. The van der Waals surface area contributed by atoms with Gasteiger partial charge < -0.3 is 25.3 Å². The molecule has 1 aromatic heterocycles. The smallest absolute Gasteiger partial charge is 0.213 e. The van der Waals surface area contributed by atoms with Crippen molar-refractivity contribution in [2.45, 2.75) is 13.5 Å². The Balaban J connectivity index is 2.07. The van der Waals surface area contributed by atoms with Crippen LogP contribution in [0.5, 0.6) is 17.4 Å². The van der Waals surface area contributed by atoms with Crippen LogP contribution >= 0.6 is 0 Å². The number of pyridine rings is 1. The van der Waals surface area contributed by atoms with Crippen molar-refractivity contribution in [3.8, 4) is 17.4 Å². The van der Waals surface area contributed by atoms with Crippen molar-refractivity contribution in [2.75, 3.05) is 26.1 Å². The fourth-order valence-corrected chi connectivity index (χ4v) is 2.04. The topological polar surface area (TPSA) is 91.0 Å². The molecule has 0 radical (unpaired) electrons. The van der Waals surface area contributed by atoms with Crippen LogP contribution in [0.1, 0.15) is 12.5 Å². The maximum atomic E-state index is 5.96. The highest BCUT2D eigenvalue weighted by atomic mass is 16.5. The van der Waals surface area contributed by atoms with Gasteiger partial charge in [0.15, 0.2) is 5.96 Å². The van der Waals surface area contributed by atoms with Gasteiger partial charge in [0.25, 0.3) is 0 Å². The van der Waals surface area contributed by atoms with Crippen molar-refractivity contribution in [3.63, 3.8) is 0 Å². The molecule has 0 saturated carbocycles. The molecule has 7 nitrogen and oxygen atoms in total. The number of aromatic nitrogens is 1. The molecule has 0 spiro atoms. The van der Waals surface area contributed by atoms with Gasteiger partial charge in [0.1, 0.15) is 11.5 Å². The minimum Gasteiger partial charge on any atom is -0.497 e. The van der Waals surface area contributed by atoms with Crippen molar-refractivity contribution in [2.24, 2.45) is 10.7 Å². The molecule has 0 atom stereocenters. The number of ether oxygens (including phenoxy) is 3. The lowest BCUT2D eigenvalue weighted by Gasteiger charge is -2.12. The van der Waals surface area contributed by atoms with Crippen LogP contribution in [0.25, 0.3) is 0 Å². The summed E-state index contributed by atoms with van der Waals surface area (Å²) in [5.41, 5.74) is 7.60. The third kappa shape index (κ3) is 4.77. The number of benzene rings is 1. The molecule has 1 aromatic carbocycles. The van der Waals surface area contributed by atoms with Gasteiger partial charge in [0.2, 0.25) is 5.88 Å². The number of anilines is 1. The Morgan fingerprint density at radius 3 is 2.75 bits per heavy atom. The molecule has 0 aliphatic heterocycles. The Kier molecular flexibility index (Phi) is 6.24. The normalized spacial score (nSPS) is 11.0. The molecule has 0 bridgehead atoms. The number of hydrogen-bond acceptors (Lipinski definition) is 5. The highest BCUT2D eigenvalue weighted by Crippen LogP contribution is 2.28. The third-order valence-corrected chi connectivity index (χ3v) is 3.19. The van der Waals surface area contributed by atoms with E-state index in [4.69, 9.17) is 19.9 Å². The van der Waals surface area contributed by atoms with Gasteiger partial charge in [0.05, 0.1) is 33.1 Å². The summed E-state index contributed by atoms with van der Waals surface area (Å²) in [5, 5.41) is 3.02. The molecule has 0 amide bonds. The summed E-state index contributed by atoms with van der Waals surface area (Å²) in [7, 11) is 3.19. The zero-order valence-corrected chi connectivity index (χ0v) is 14.1. The molecule has 0 aliphatic rings. The Morgan fingerprint density at radius 1 is 1.21 bits per heavy atom. The molecular formula is C17H22N4O3. The summed E-state index contributed by atoms with van der Waals surface area (Å²) in [5.74, 6) is 2.20. The average molecular weight is 330 g/mol. The van der Waals surface area contributed by atoms with Crippen LogP contribution in [-0.2, 0) is 6.54 Å². The van der Waals surface area contributed by atoms with Crippen molar-refractivity contribution in [3.05, 3.63) is 42.1 Å². The van der Waals surface area contributed by atoms with Gasteiger partial charge in [-0.05, 0) is 30.7 Å². The monoisotopic (exact) mass is 330 g/mol. The lowest BCUT2D eigenvalue weighted by atomic mass is 10.2. The minimum atomic E-state index is 0.274. The molecule has 128 valence electrons. The molecule has 1 heterocycles. The molecular weight excluding hydrogens is 308 g/mol. The minimum absolute atomic E-state index is 0.274. The van der Waals surface area contributed by atoms with Crippen LogP contribution in [0.3, 0.4) is 0 Å². The third-order valence-electron chi connectivity index (χ3n) is 3.19. The molecule has 7 heteroatoms. The Morgan fingerprint density at radius 2 is 2.04 bits per heavy atom. The molecule has 0 fully saturated rings. The number of methoxy groups -OCH3 is 2. The maximum Gasteiger partial charge on any atom is 0.213 e. The number of guanidine groups is 1. The van der Waals surface area contributed by atoms with E-state index >= 15 is 0 Å². The van der Waals surface area contributed by atoms with Gasteiger partial charge in [-0.25, -0.2) is 9.98 Å². The van der Waals surface area contributed by atoms with Gasteiger partial charge in [0, 0.05) is 18.3 Å². The predicted octanol–water partition coefficient (Wildman–Crippen LogP) is 2.42. The molecule has 2 aromatic rings. The molecule has 0 aliphatic carbocycles. The van der Waals surface area contributed by atoms with E-state index in [1.807, 2.05) is 25.1 Å². The van der Waals surface area contributed by atoms with Gasteiger partial charge in [-0.2, -0.15) is 0 Å². The number of aliphatic imine (C=N–C) groups is 1. The lowest BCUT2D eigenvalue weighted by Crippen LogP contribution is -2.23. The zero-order chi connectivity index (χ0) is 17.4. The first-order chi connectivity index (χ1) is 11.7. The van der Waals surface area contributed by atoms with Crippen molar-refractivity contribution in [1.29, 1.82) is 0 Å². The van der Waals surface area contributed by atoms with Gasteiger partial charge >= 0.3 is 0 Å². The van der Waals surface area contributed by atoms with Crippen LogP contribution < -0.4 is 25.3 Å². The van der Waals surface area contributed by atoms with E-state index in [0.29, 0.717) is 36.2 Å². The van der Waals surface area contributed by atoms with E-state index in [-0.39, 0.29) is 5.96 Å². The fraction of sp³-hybridized carbons (Fsp3) is 0.294. The highest BCUT2D eigenvalue weighted by molar-refractivity contribution is 5.94. The predicted molar refractivity (Wildman–Crippen MR) is 93.9 cm³/mol. The summed E-state index contributed by atoms with van der Waals surface area (Å²) < 4.78 is 15.9. The van der Waals surface area contributed by atoms with Crippen LogP contribution in [0.2, 0.25) is 0 Å². The summed E-state index contributed by atoms with van der Waals surface area (Å²) in [4.78, 5) is 8.44. The number of nitrogens with two attached hydrogens (primary N) is 1. The second-order valence-electron chi connectivity index (χ2n) is 4.83. The molecule has 0 saturated heterocycles. The van der Waals surface area contributed by atoms with E-state index in [9.17, 15) is 0 Å². The quantitative estimate of drug-likeness (QED) is 0.598. The summed E-state index contributed by atoms with van der Waals surface area (Å²) in [6.45, 7) is 2.89. The van der Waals surface area contributed by atoms with Crippen molar-refractivity contribution in [1.82, 2.24) is 4.98 Å². The number of nitrogens with one attached hydrogen (secondary N) is 1. The number of hydrogen-bond donors (Lipinski definition) is 2. The number of rotatable bonds is 7. The highest BCUT2D eigenvalue weighted by Gasteiger charge is 2.06. The zero-order valence-electron chi connectivity index (χ0n) is 14.1. The first-order valence-corrected chi connectivity index (χ1v) is 7.53. The number of nitrogens with zero attached hydrogens (tertiary/aromatic N) is 2. The van der Waals surface area contributed by atoms with E-state index in [1.54, 1.807) is 32.5 Å². The summed E-state index contributed by atoms with van der Waals surface area (Å²) in [6, 6.07) is 9.11. The standard InChI is InChI=1S/C17H22N4O3/c1-4-24-16-9-12(7-8-19-16)11-20-17(18)21-14-10-13(22-2)5-6-15(14)23-3/h5-10H,4,11H2,1-3H3,(H3,18,20,21). The summed E-state index contributed by atoms with van der Waals surface area (Å²) in [6.07, 6.45) is 1.69. The van der Waals surface area contributed by atoms with E-state index in [2.05, 4.69) is 15.3 Å². The van der Waals surface area contributed by atoms with Crippen molar-refractivity contribution >= 4 is 11.6 Å². The lowest BCUT2D eigenvalue weighted by molar-refractivity contribution is 0.326. The largest absolute Gasteiger partial charge is 0.497 e. The van der Waals surface area contributed by atoms with Gasteiger partial charge in [-0.3, -0.25) is 0 Å². The van der Waals surface area contributed by atoms with Crippen LogP contribution in [0.4, 0.5) is 5.69 Å². The van der Waals surface area contributed by atoms with Gasteiger partial charge in [-0.15, -0.1) is 0 Å². The maximum absolute atomic E-state index is 5.96. The first kappa shape index (κ1) is 17.4. The second kappa shape index (κ2) is 8.61.